The van der Waals surface area contributed by atoms with Crippen molar-refractivity contribution in [3.8, 4) is 11.5 Å². The van der Waals surface area contributed by atoms with Crippen molar-refractivity contribution in [1.82, 2.24) is 15.3 Å². The summed E-state index contributed by atoms with van der Waals surface area (Å²) in [6.07, 6.45) is 2.88. The largest absolute Gasteiger partial charge is 0.494 e. The third kappa shape index (κ3) is 14.8. The molecule has 0 bridgehead atoms. The maximum Gasteiger partial charge on any atom is 0.358 e. The third-order valence-corrected chi connectivity index (χ3v) is 4.38. The van der Waals surface area contributed by atoms with Gasteiger partial charge in [-0.1, -0.05) is 14.9 Å². The minimum absolute atomic E-state index is 0. The van der Waals surface area contributed by atoms with Gasteiger partial charge in [-0.25, -0.2) is 14.8 Å². The highest BCUT2D eigenvalue weighted by atomic mass is 79.9. The number of nitrogens with zero attached hydrogens (tertiary/aromatic N) is 2. The fourth-order valence-electron chi connectivity index (χ4n) is 1.88. The fraction of sp³-hybridized carbons (Fsp3) is 0.364. The molecule has 13 nitrogen and oxygen atoms in total. The smallest absolute Gasteiger partial charge is 0.358 e. The summed E-state index contributed by atoms with van der Waals surface area (Å²) in [6.45, 7) is -0.243. The van der Waals surface area contributed by atoms with E-state index in [2.05, 4.69) is 56.6 Å². The number of hydrogen-bond acceptors (Lipinski definition) is 11. The average Bonchev–Trinajstić information content (AvgIpc) is 2.86. The summed E-state index contributed by atoms with van der Waals surface area (Å²) in [6, 6.07) is 3.16. The second-order valence-corrected chi connectivity index (χ2v) is 7.58. The Bertz CT molecular complexity index is 1020. The van der Waals surface area contributed by atoms with Crippen LogP contribution in [0.3, 0.4) is 0 Å². The van der Waals surface area contributed by atoms with Gasteiger partial charge >= 0.3 is 17.9 Å². The zero-order valence-corrected chi connectivity index (χ0v) is 22.3. The molecule has 2 aromatic heterocycles. The van der Waals surface area contributed by atoms with E-state index in [-0.39, 0.29) is 51.0 Å². The van der Waals surface area contributed by atoms with Crippen LogP contribution < -0.4 is 20.5 Å². The van der Waals surface area contributed by atoms with Gasteiger partial charge in [0.05, 0.1) is 35.0 Å². The number of carboxylic acids is 1. The molecule has 0 aliphatic heterocycles. The van der Waals surface area contributed by atoms with Gasteiger partial charge < -0.3 is 35.1 Å². The zero-order chi connectivity index (χ0) is 27.0. The van der Waals surface area contributed by atoms with Gasteiger partial charge in [0, 0.05) is 21.3 Å². The van der Waals surface area contributed by atoms with E-state index in [1.165, 1.54) is 40.8 Å². The fourth-order valence-corrected chi connectivity index (χ4v) is 2.50. The summed E-state index contributed by atoms with van der Waals surface area (Å²) in [5.74, 6) is -1.94. The SMILES string of the molecule is C.C.COC(=O)CN.COC(=O)CNC(=O)c1ncc(Br)cc1OC.COc1cc(Br)cnc1C(=O)O. The van der Waals surface area contributed by atoms with Crippen molar-refractivity contribution < 1.29 is 43.2 Å². The van der Waals surface area contributed by atoms with Crippen LogP contribution in [0.15, 0.2) is 33.5 Å². The Morgan fingerprint density at radius 1 is 0.865 bits per heavy atom. The summed E-state index contributed by atoms with van der Waals surface area (Å²) >= 11 is 6.36. The van der Waals surface area contributed by atoms with E-state index in [1.54, 1.807) is 12.1 Å². The van der Waals surface area contributed by atoms with E-state index < -0.39 is 17.8 Å². The standard InChI is InChI=1S/C10H11BrN2O4.C7H6BrNO3.C3H7NO2.2CH4/c1-16-7-3-6(11)4-12-9(7)10(15)13-5-8(14)17-2;1-12-5-2-4(8)3-9-6(5)7(10)11;1-6-3(5)2-4;;/h3-4H,5H2,1-2H3,(H,13,15);2-3H,1H3,(H,10,11);2,4H2,1H3;2*1H4. The molecule has 0 aliphatic carbocycles. The lowest BCUT2D eigenvalue weighted by atomic mass is 10.3. The number of amides is 1. The number of rotatable bonds is 7. The molecule has 0 aromatic carbocycles. The molecule has 0 atom stereocenters. The first-order valence-corrected chi connectivity index (χ1v) is 10.9. The van der Waals surface area contributed by atoms with E-state index in [1.807, 2.05) is 0 Å². The number of carbonyl (C=O) groups is 4. The van der Waals surface area contributed by atoms with Crippen molar-refractivity contribution in [3.63, 3.8) is 0 Å². The molecule has 0 spiro atoms. The molecular weight excluding hydrogens is 624 g/mol. The van der Waals surface area contributed by atoms with Crippen LogP contribution in [-0.2, 0) is 19.1 Å². The molecule has 0 aliphatic rings. The van der Waals surface area contributed by atoms with Gasteiger partial charge in [0.1, 0.15) is 6.54 Å². The topological polar surface area (TPSA) is 189 Å². The highest BCUT2D eigenvalue weighted by molar-refractivity contribution is 9.10. The summed E-state index contributed by atoms with van der Waals surface area (Å²) < 4.78 is 19.7. The number of halogens is 2. The first kappa shape index (κ1) is 38.2. The predicted octanol–water partition coefficient (Wildman–Crippen LogP) is 2.70. The molecule has 0 saturated heterocycles. The number of carboxylic acid groups (broad SMARTS) is 1. The van der Waals surface area contributed by atoms with Crippen LogP contribution in [0.25, 0.3) is 0 Å². The van der Waals surface area contributed by atoms with Gasteiger partial charge in [0.25, 0.3) is 5.91 Å². The van der Waals surface area contributed by atoms with Crippen molar-refractivity contribution in [2.75, 3.05) is 41.5 Å². The van der Waals surface area contributed by atoms with Crippen LogP contribution in [0.2, 0.25) is 0 Å². The number of nitrogens with one attached hydrogen (secondary N) is 1. The van der Waals surface area contributed by atoms with Crippen molar-refractivity contribution in [1.29, 1.82) is 0 Å². The number of carbonyl (C=O) groups excluding carboxylic acids is 3. The summed E-state index contributed by atoms with van der Waals surface area (Å²) in [5, 5.41) is 11.0. The molecule has 0 unspecified atom stereocenters. The van der Waals surface area contributed by atoms with Crippen molar-refractivity contribution >= 4 is 55.7 Å². The molecular formula is C22H32Br2N4O9. The Kier molecular flexibility index (Phi) is 21.5. The maximum absolute atomic E-state index is 11.7. The van der Waals surface area contributed by atoms with E-state index >= 15 is 0 Å². The van der Waals surface area contributed by atoms with Crippen LogP contribution in [0.1, 0.15) is 35.8 Å². The number of hydrogen-bond donors (Lipinski definition) is 3. The van der Waals surface area contributed by atoms with E-state index in [9.17, 15) is 19.2 Å². The van der Waals surface area contributed by atoms with Crippen LogP contribution in [0.5, 0.6) is 11.5 Å². The molecule has 4 N–H and O–H groups in total. The molecule has 0 radical (unpaired) electrons. The lowest BCUT2D eigenvalue weighted by molar-refractivity contribution is -0.140. The third-order valence-electron chi connectivity index (χ3n) is 3.51. The summed E-state index contributed by atoms with van der Waals surface area (Å²) in [5.41, 5.74) is 4.84. The summed E-state index contributed by atoms with van der Waals surface area (Å²) in [7, 11) is 5.37. The van der Waals surface area contributed by atoms with Crippen LogP contribution in [0, 0.1) is 0 Å². The molecule has 2 heterocycles. The van der Waals surface area contributed by atoms with E-state index in [0.29, 0.717) is 14.7 Å². The first-order chi connectivity index (χ1) is 16.5. The minimum atomic E-state index is -1.10. The average molecular weight is 656 g/mol. The highest BCUT2D eigenvalue weighted by Gasteiger charge is 2.15. The number of methoxy groups -OCH3 is 4. The molecule has 2 aromatic rings. The van der Waals surface area contributed by atoms with Crippen LogP contribution in [0.4, 0.5) is 0 Å². The second kappa shape index (κ2) is 20.8. The molecule has 0 saturated carbocycles. The number of esters is 2. The van der Waals surface area contributed by atoms with Gasteiger partial charge in [-0.05, 0) is 44.0 Å². The molecule has 15 heteroatoms. The molecule has 37 heavy (non-hydrogen) atoms. The quantitative estimate of drug-likeness (QED) is 0.370. The number of aromatic carboxylic acids is 1. The van der Waals surface area contributed by atoms with E-state index in [4.69, 9.17) is 20.3 Å². The Hall–Kier alpha value is -3.30. The van der Waals surface area contributed by atoms with Crippen molar-refractivity contribution in [2.24, 2.45) is 5.73 Å². The van der Waals surface area contributed by atoms with Crippen molar-refractivity contribution in [3.05, 3.63) is 44.9 Å². The maximum atomic E-state index is 11.7. The lowest BCUT2D eigenvalue weighted by Crippen LogP contribution is -2.31. The van der Waals surface area contributed by atoms with Gasteiger partial charge in [-0.3, -0.25) is 14.4 Å². The Balaban J connectivity index is -0.000000507. The zero-order valence-electron chi connectivity index (χ0n) is 19.2. The Morgan fingerprint density at radius 3 is 1.65 bits per heavy atom. The number of ether oxygens (including phenoxy) is 4. The summed E-state index contributed by atoms with van der Waals surface area (Å²) in [4.78, 5) is 50.5. The minimum Gasteiger partial charge on any atom is -0.494 e. The second-order valence-electron chi connectivity index (χ2n) is 5.75. The van der Waals surface area contributed by atoms with Crippen LogP contribution >= 0.6 is 31.9 Å². The monoisotopic (exact) mass is 654 g/mol. The van der Waals surface area contributed by atoms with E-state index in [0.717, 1.165) is 0 Å². The van der Waals surface area contributed by atoms with Crippen LogP contribution in [-0.4, -0.2) is 80.4 Å². The van der Waals surface area contributed by atoms with Gasteiger partial charge in [0.15, 0.2) is 22.9 Å². The first-order valence-electron chi connectivity index (χ1n) is 9.28. The van der Waals surface area contributed by atoms with Crippen molar-refractivity contribution in [2.45, 2.75) is 14.9 Å². The molecule has 2 rings (SSSR count). The predicted molar refractivity (Wildman–Crippen MR) is 143 cm³/mol. The van der Waals surface area contributed by atoms with Gasteiger partial charge in [-0.2, -0.15) is 0 Å². The van der Waals surface area contributed by atoms with Gasteiger partial charge in [-0.15, -0.1) is 0 Å². The Labute approximate surface area is 232 Å². The number of aromatic nitrogens is 2. The molecule has 0 fully saturated rings. The lowest BCUT2D eigenvalue weighted by Gasteiger charge is -2.07. The number of pyridine rings is 2. The Morgan fingerprint density at radius 2 is 1.30 bits per heavy atom. The molecule has 1 amide bonds. The van der Waals surface area contributed by atoms with Gasteiger partial charge in [0.2, 0.25) is 0 Å². The number of nitrogens with two attached hydrogens (primary N) is 1. The normalized spacial score (nSPS) is 8.73. The highest BCUT2D eigenvalue weighted by Crippen LogP contribution is 2.21. The molecule has 208 valence electrons.